The van der Waals surface area contributed by atoms with Crippen LogP contribution in [0.25, 0.3) is 0 Å². The molecule has 0 aromatic carbocycles. The summed E-state index contributed by atoms with van der Waals surface area (Å²) < 4.78 is 9.17. The fourth-order valence-corrected chi connectivity index (χ4v) is 0.219. The van der Waals surface area contributed by atoms with Gasteiger partial charge in [-0.1, -0.05) is 0 Å². The van der Waals surface area contributed by atoms with Gasteiger partial charge in [-0.3, -0.25) is 0 Å². The van der Waals surface area contributed by atoms with Gasteiger partial charge in [-0.2, -0.15) is 0 Å². The molecule has 1 heterocycles. The van der Waals surface area contributed by atoms with Gasteiger partial charge in [-0.25, -0.2) is 0 Å². The third kappa shape index (κ3) is 2.74. The van der Waals surface area contributed by atoms with Gasteiger partial charge in [0.05, 0.1) is 0 Å². The van der Waals surface area contributed by atoms with E-state index in [0.717, 1.165) is 0 Å². The Balaban J connectivity index is 0.000000360. The monoisotopic (exact) mass is 108 g/mol. The minimum atomic E-state index is 0. The summed E-state index contributed by atoms with van der Waals surface area (Å²) in [5.41, 5.74) is 0. The van der Waals surface area contributed by atoms with Crippen LogP contribution >= 0.6 is 0 Å². The minimum absolute atomic E-state index is 0. The molecule has 7 heavy (non-hydrogen) atoms. The predicted molar refractivity (Wildman–Crippen MR) is 27.6 cm³/mol. The Kier molecular flexibility index (Phi) is 4.29. The van der Waals surface area contributed by atoms with E-state index in [9.17, 15) is 0 Å². The van der Waals surface area contributed by atoms with Crippen molar-refractivity contribution in [3.63, 3.8) is 0 Å². The molecule has 3 heteroatoms. The van der Waals surface area contributed by atoms with Gasteiger partial charge in [-0.15, -0.1) is 0 Å². The normalized spacial score (nSPS) is 13.7. The van der Waals surface area contributed by atoms with Crippen molar-refractivity contribution in [1.29, 1.82) is 0 Å². The second-order valence-electron chi connectivity index (χ2n) is 0.816. The van der Waals surface area contributed by atoms with Gasteiger partial charge in [-0.05, 0) is 0 Å². The van der Waals surface area contributed by atoms with Crippen LogP contribution in [0.2, 0.25) is 0 Å². The third-order valence-electron chi connectivity index (χ3n) is 0.425. The Bertz CT molecular complexity index is 67.7. The van der Waals surface area contributed by atoms with Crippen LogP contribution in [0.15, 0.2) is 25.0 Å². The van der Waals surface area contributed by atoms with Crippen molar-refractivity contribution >= 4 is 29.6 Å². The van der Waals surface area contributed by atoms with Crippen LogP contribution in [0, 0.1) is 0 Å². The van der Waals surface area contributed by atoms with E-state index in [2.05, 4.69) is 9.47 Å². The molecule has 0 bridgehead atoms. The Morgan fingerprint density at radius 3 is 1.14 bits per heavy atom. The molecule has 0 saturated heterocycles. The van der Waals surface area contributed by atoms with Crippen molar-refractivity contribution in [3.05, 3.63) is 25.0 Å². The van der Waals surface area contributed by atoms with E-state index >= 15 is 0 Å². The van der Waals surface area contributed by atoms with E-state index in [1.54, 1.807) is 0 Å². The first-order valence-corrected chi connectivity index (χ1v) is 1.61. The van der Waals surface area contributed by atoms with E-state index in [1.807, 2.05) is 0 Å². The van der Waals surface area contributed by atoms with Crippen molar-refractivity contribution in [2.45, 2.75) is 0 Å². The average molecular weight is 108 g/mol. The van der Waals surface area contributed by atoms with Crippen molar-refractivity contribution in [2.75, 3.05) is 0 Å². The van der Waals surface area contributed by atoms with E-state index in [4.69, 9.17) is 0 Å². The van der Waals surface area contributed by atoms with Gasteiger partial charge in [0.1, 0.15) is 25.0 Å². The average Bonchev–Trinajstić information content (AvgIpc) is 1.72. The SMILES string of the molecule is C1=COC=CO1.[NaH]. The van der Waals surface area contributed by atoms with Crippen LogP contribution in [-0.2, 0) is 9.47 Å². The molecular formula is C4H5NaO2. The summed E-state index contributed by atoms with van der Waals surface area (Å²) >= 11 is 0. The van der Waals surface area contributed by atoms with Crippen molar-refractivity contribution in [1.82, 2.24) is 0 Å². The summed E-state index contributed by atoms with van der Waals surface area (Å²) in [6, 6.07) is 0. The van der Waals surface area contributed by atoms with Crippen LogP contribution in [-0.4, -0.2) is 29.6 Å². The quantitative estimate of drug-likeness (QED) is 0.416. The van der Waals surface area contributed by atoms with Gasteiger partial charge >= 0.3 is 29.6 Å². The van der Waals surface area contributed by atoms with E-state index in [-0.39, 0.29) is 29.6 Å². The van der Waals surface area contributed by atoms with Crippen LogP contribution in [0.3, 0.4) is 0 Å². The Labute approximate surface area is 64.1 Å². The molecule has 0 N–H and O–H groups in total. The molecule has 0 amide bonds. The Morgan fingerprint density at radius 1 is 0.714 bits per heavy atom. The maximum atomic E-state index is 4.58. The van der Waals surface area contributed by atoms with Crippen molar-refractivity contribution in [2.24, 2.45) is 0 Å². The first-order chi connectivity index (χ1) is 3.00. The standard InChI is InChI=1S/C4H4O2.Na.H/c1-2-6-4-3-5-1;;/h1-4H;;. The second kappa shape index (κ2) is 4.24. The fourth-order valence-electron chi connectivity index (χ4n) is 0.219. The number of ether oxygens (including phenoxy) is 2. The molecule has 0 atom stereocenters. The van der Waals surface area contributed by atoms with Gasteiger partial charge in [0.15, 0.2) is 0 Å². The summed E-state index contributed by atoms with van der Waals surface area (Å²) in [5.74, 6) is 0. The van der Waals surface area contributed by atoms with Gasteiger partial charge in [0, 0.05) is 0 Å². The van der Waals surface area contributed by atoms with Crippen LogP contribution in [0.5, 0.6) is 0 Å². The molecule has 1 aliphatic rings. The molecule has 0 aliphatic carbocycles. The zero-order chi connectivity index (χ0) is 4.24. The first-order valence-electron chi connectivity index (χ1n) is 1.61. The molecule has 1 aliphatic heterocycles. The predicted octanol–water partition coefficient (Wildman–Crippen LogP) is 0.327. The molecule has 34 valence electrons. The van der Waals surface area contributed by atoms with Crippen LogP contribution in [0.1, 0.15) is 0 Å². The molecular weight excluding hydrogens is 103 g/mol. The maximum absolute atomic E-state index is 4.58. The number of rotatable bonds is 0. The van der Waals surface area contributed by atoms with Crippen molar-refractivity contribution < 1.29 is 9.47 Å². The molecule has 0 saturated carbocycles. The molecule has 0 spiro atoms. The number of hydrogen-bond donors (Lipinski definition) is 0. The summed E-state index contributed by atoms with van der Waals surface area (Å²) in [5, 5.41) is 0. The Morgan fingerprint density at radius 2 is 1.00 bits per heavy atom. The zero-order valence-corrected chi connectivity index (χ0v) is 3.13. The van der Waals surface area contributed by atoms with Gasteiger partial charge in [0.25, 0.3) is 0 Å². The van der Waals surface area contributed by atoms with Crippen LogP contribution in [0.4, 0.5) is 0 Å². The van der Waals surface area contributed by atoms with E-state index < -0.39 is 0 Å². The molecule has 0 fully saturated rings. The van der Waals surface area contributed by atoms with Gasteiger partial charge < -0.3 is 9.47 Å². The van der Waals surface area contributed by atoms with Crippen molar-refractivity contribution in [3.8, 4) is 0 Å². The molecule has 1 rings (SSSR count). The first kappa shape index (κ1) is 7.08. The Hall–Kier alpha value is 0.0800. The summed E-state index contributed by atoms with van der Waals surface area (Å²) in [7, 11) is 0. The zero-order valence-electron chi connectivity index (χ0n) is 3.13. The number of hydrogen-bond acceptors (Lipinski definition) is 2. The summed E-state index contributed by atoms with van der Waals surface area (Å²) in [4.78, 5) is 0. The molecule has 0 aromatic rings. The fraction of sp³-hybridized carbons (Fsp3) is 0. The summed E-state index contributed by atoms with van der Waals surface area (Å²) in [6.45, 7) is 0. The molecule has 0 unspecified atom stereocenters. The molecule has 0 aromatic heterocycles. The van der Waals surface area contributed by atoms with E-state index in [0.29, 0.717) is 0 Å². The topological polar surface area (TPSA) is 18.5 Å². The van der Waals surface area contributed by atoms with Crippen LogP contribution < -0.4 is 0 Å². The third-order valence-corrected chi connectivity index (χ3v) is 0.425. The second-order valence-corrected chi connectivity index (χ2v) is 0.816. The van der Waals surface area contributed by atoms with Gasteiger partial charge in [0.2, 0.25) is 0 Å². The van der Waals surface area contributed by atoms with E-state index in [1.165, 1.54) is 25.0 Å². The molecule has 0 radical (unpaired) electrons. The molecule has 2 nitrogen and oxygen atoms in total. The summed E-state index contributed by atoms with van der Waals surface area (Å²) in [6.07, 6.45) is 5.83.